The van der Waals surface area contributed by atoms with E-state index in [1.807, 2.05) is 12.1 Å². The number of alkyl halides is 1. The molecular weight excluding hydrogens is 244 g/mol. The second kappa shape index (κ2) is 6.10. The number of benzene rings is 2. The molecule has 2 rings (SSSR count). The lowest BCUT2D eigenvalue weighted by Gasteiger charge is -2.14. The quantitative estimate of drug-likeness (QED) is 0.663. The van der Waals surface area contributed by atoms with Gasteiger partial charge in [0.2, 0.25) is 0 Å². The van der Waals surface area contributed by atoms with Gasteiger partial charge >= 0.3 is 0 Å². The standard InChI is InChI=1S/C16H19ClO/c1-3-4-9-15(17)13-10-11-16(18-2)14-8-6-5-7-12(13)14/h5-8,10-11,15H,3-4,9H2,1-2H3. The summed E-state index contributed by atoms with van der Waals surface area (Å²) in [6, 6.07) is 12.4. The number of halogens is 1. The first kappa shape index (κ1) is 13.2. The smallest absolute Gasteiger partial charge is 0.126 e. The molecule has 0 aliphatic rings. The minimum atomic E-state index is 0.0840. The zero-order valence-corrected chi connectivity index (χ0v) is 11.7. The summed E-state index contributed by atoms with van der Waals surface area (Å²) >= 11 is 6.52. The van der Waals surface area contributed by atoms with Gasteiger partial charge in [0.05, 0.1) is 12.5 Å². The molecule has 0 saturated carbocycles. The fraction of sp³-hybridized carbons (Fsp3) is 0.375. The third-order valence-corrected chi connectivity index (χ3v) is 3.74. The molecule has 0 spiro atoms. The van der Waals surface area contributed by atoms with Crippen molar-refractivity contribution in [3.63, 3.8) is 0 Å². The monoisotopic (exact) mass is 262 g/mol. The van der Waals surface area contributed by atoms with Gasteiger partial charge in [-0.3, -0.25) is 0 Å². The van der Waals surface area contributed by atoms with Crippen molar-refractivity contribution in [3.8, 4) is 5.75 Å². The SMILES string of the molecule is CCCCC(Cl)c1ccc(OC)c2ccccc12. The van der Waals surface area contributed by atoms with Crippen LogP contribution in [0, 0.1) is 0 Å². The lowest BCUT2D eigenvalue weighted by molar-refractivity contribution is 0.419. The minimum Gasteiger partial charge on any atom is -0.496 e. The summed E-state index contributed by atoms with van der Waals surface area (Å²) in [6.45, 7) is 2.19. The maximum absolute atomic E-state index is 6.52. The highest BCUT2D eigenvalue weighted by atomic mass is 35.5. The van der Waals surface area contributed by atoms with Gasteiger partial charge in [0, 0.05) is 5.39 Å². The van der Waals surface area contributed by atoms with Crippen LogP contribution in [0.5, 0.6) is 5.75 Å². The van der Waals surface area contributed by atoms with E-state index < -0.39 is 0 Å². The van der Waals surface area contributed by atoms with Crippen LogP contribution < -0.4 is 4.74 Å². The Morgan fingerprint density at radius 1 is 1.11 bits per heavy atom. The molecule has 0 amide bonds. The molecular formula is C16H19ClO. The molecule has 0 N–H and O–H groups in total. The van der Waals surface area contributed by atoms with Crippen LogP contribution in [0.1, 0.15) is 37.1 Å². The van der Waals surface area contributed by atoms with Gasteiger partial charge in [-0.15, -0.1) is 11.6 Å². The van der Waals surface area contributed by atoms with Crippen molar-refractivity contribution in [1.82, 2.24) is 0 Å². The van der Waals surface area contributed by atoms with Crippen LogP contribution in [-0.2, 0) is 0 Å². The van der Waals surface area contributed by atoms with E-state index in [-0.39, 0.29) is 5.38 Å². The van der Waals surface area contributed by atoms with E-state index in [2.05, 4.69) is 31.2 Å². The molecule has 1 atom stereocenters. The predicted octanol–water partition coefficient (Wildman–Crippen LogP) is 5.32. The number of ether oxygens (including phenoxy) is 1. The lowest BCUT2D eigenvalue weighted by Crippen LogP contribution is -1.94. The molecule has 2 aromatic rings. The van der Waals surface area contributed by atoms with E-state index in [1.54, 1.807) is 7.11 Å². The van der Waals surface area contributed by atoms with Crippen LogP contribution >= 0.6 is 11.6 Å². The molecule has 1 unspecified atom stereocenters. The van der Waals surface area contributed by atoms with Gasteiger partial charge in [-0.25, -0.2) is 0 Å². The van der Waals surface area contributed by atoms with Crippen LogP contribution in [0.25, 0.3) is 10.8 Å². The van der Waals surface area contributed by atoms with Crippen LogP contribution in [0.2, 0.25) is 0 Å². The molecule has 0 aliphatic heterocycles. The fourth-order valence-corrected chi connectivity index (χ4v) is 2.63. The summed E-state index contributed by atoms with van der Waals surface area (Å²) in [4.78, 5) is 0. The van der Waals surface area contributed by atoms with E-state index in [9.17, 15) is 0 Å². The lowest BCUT2D eigenvalue weighted by atomic mass is 9.98. The summed E-state index contributed by atoms with van der Waals surface area (Å²) in [6.07, 6.45) is 3.36. The molecule has 0 aliphatic carbocycles. The molecule has 2 aromatic carbocycles. The highest BCUT2D eigenvalue weighted by Gasteiger charge is 2.13. The Hall–Kier alpha value is -1.21. The number of rotatable bonds is 5. The molecule has 0 bridgehead atoms. The van der Waals surface area contributed by atoms with E-state index in [4.69, 9.17) is 16.3 Å². The van der Waals surface area contributed by atoms with E-state index in [0.29, 0.717) is 0 Å². The number of hydrogen-bond donors (Lipinski definition) is 0. The summed E-state index contributed by atoms with van der Waals surface area (Å²) in [5.74, 6) is 0.911. The van der Waals surface area contributed by atoms with Crippen molar-refractivity contribution < 1.29 is 4.74 Å². The molecule has 0 saturated heterocycles. The van der Waals surface area contributed by atoms with Gasteiger partial charge in [0.15, 0.2) is 0 Å². The highest BCUT2D eigenvalue weighted by molar-refractivity contribution is 6.21. The normalized spacial score (nSPS) is 12.6. The maximum atomic E-state index is 6.52. The Kier molecular flexibility index (Phi) is 4.48. The largest absolute Gasteiger partial charge is 0.496 e. The van der Waals surface area contributed by atoms with Crippen molar-refractivity contribution in [2.75, 3.05) is 7.11 Å². The Bertz CT molecular complexity index is 521. The number of methoxy groups -OCH3 is 1. The van der Waals surface area contributed by atoms with Crippen LogP contribution in [-0.4, -0.2) is 7.11 Å². The molecule has 1 nitrogen and oxygen atoms in total. The van der Waals surface area contributed by atoms with Crippen LogP contribution in [0.3, 0.4) is 0 Å². The van der Waals surface area contributed by atoms with Crippen molar-refractivity contribution in [3.05, 3.63) is 42.0 Å². The van der Waals surface area contributed by atoms with Gasteiger partial charge in [-0.2, -0.15) is 0 Å². The molecule has 96 valence electrons. The van der Waals surface area contributed by atoms with Gasteiger partial charge in [0.1, 0.15) is 5.75 Å². The fourth-order valence-electron chi connectivity index (χ4n) is 2.28. The van der Waals surface area contributed by atoms with Gasteiger partial charge in [-0.1, -0.05) is 50.1 Å². The zero-order valence-electron chi connectivity index (χ0n) is 10.9. The average molecular weight is 263 g/mol. The molecule has 18 heavy (non-hydrogen) atoms. The molecule has 0 fully saturated rings. The first-order valence-corrected chi connectivity index (χ1v) is 6.91. The molecule has 0 aromatic heterocycles. The molecule has 0 radical (unpaired) electrons. The number of fused-ring (bicyclic) bond motifs is 1. The average Bonchev–Trinajstić information content (AvgIpc) is 2.43. The van der Waals surface area contributed by atoms with Crippen molar-refractivity contribution >= 4 is 22.4 Å². The first-order valence-electron chi connectivity index (χ1n) is 6.47. The zero-order chi connectivity index (χ0) is 13.0. The van der Waals surface area contributed by atoms with Crippen molar-refractivity contribution in [1.29, 1.82) is 0 Å². The Balaban J connectivity index is 2.45. The maximum Gasteiger partial charge on any atom is 0.126 e. The summed E-state index contributed by atoms with van der Waals surface area (Å²) in [5, 5.41) is 2.42. The molecule has 2 heteroatoms. The third-order valence-electron chi connectivity index (χ3n) is 3.29. The Morgan fingerprint density at radius 2 is 1.83 bits per heavy atom. The number of unbranched alkanes of at least 4 members (excludes halogenated alkanes) is 1. The minimum absolute atomic E-state index is 0.0840. The summed E-state index contributed by atoms with van der Waals surface area (Å²) in [7, 11) is 1.71. The van der Waals surface area contributed by atoms with Gasteiger partial charge < -0.3 is 4.74 Å². The van der Waals surface area contributed by atoms with Crippen LogP contribution in [0.15, 0.2) is 36.4 Å². The second-order valence-corrected chi connectivity index (χ2v) is 5.04. The Labute approximate surface area is 114 Å². The summed E-state index contributed by atoms with van der Waals surface area (Å²) in [5.41, 5.74) is 1.21. The van der Waals surface area contributed by atoms with E-state index in [1.165, 1.54) is 17.4 Å². The number of hydrogen-bond acceptors (Lipinski definition) is 1. The van der Waals surface area contributed by atoms with Crippen LogP contribution in [0.4, 0.5) is 0 Å². The first-order chi connectivity index (χ1) is 8.77. The summed E-state index contributed by atoms with van der Waals surface area (Å²) < 4.78 is 5.40. The Morgan fingerprint density at radius 3 is 2.50 bits per heavy atom. The van der Waals surface area contributed by atoms with E-state index >= 15 is 0 Å². The second-order valence-electron chi connectivity index (χ2n) is 4.51. The third kappa shape index (κ3) is 2.62. The predicted molar refractivity (Wildman–Crippen MR) is 78.6 cm³/mol. The van der Waals surface area contributed by atoms with Gasteiger partial charge in [-0.05, 0) is 23.4 Å². The van der Waals surface area contributed by atoms with E-state index in [0.717, 1.165) is 24.0 Å². The van der Waals surface area contributed by atoms with Crippen molar-refractivity contribution in [2.45, 2.75) is 31.6 Å². The highest BCUT2D eigenvalue weighted by Crippen LogP contribution is 2.36. The topological polar surface area (TPSA) is 9.23 Å². The van der Waals surface area contributed by atoms with Gasteiger partial charge in [0.25, 0.3) is 0 Å². The molecule has 0 heterocycles. The van der Waals surface area contributed by atoms with Crippen molar-refractivity contribution in [2.24, 2.45) is 0 Å².